The van der Waals surface area contributed by atoms with Crippen LogP contribution < -0.4 is 5.43 Å². The molecule has 2 aromatic carbocycles. The van der Waals surface area contributed by atoms with Crippen molar-refractivity contribution in [3.8, 4) is 0 Å². The molecule has 0 aromatic heterocycles. The zero-order valence-electron chi connectivity index (χ0n) is 14.1. The van der Waals surface area contributed by atoms with E-state index in [0.29, 0.717) is 16.3 Å². The summed E-state index contributed by atoms with van der Waals surface area (Å²) >= 11 is 5.75. The predicted molar refractivity (Wildman–Crippen MR) is 98.0 cm³/mol. The Balaban J connectivity index is 2.01. The van der Waals surface area contributed by atoms with Crippen LogP contribution in [-0.4, -0.2) is 37.9 Å². The molecule has 0 saturated carbocycles. The van der Waals surface area contributed by atoms with Crippen molar-refractivity contribution in [2.45, 2.75) is 11.8 Å². The molecule has 2 rings (SSSR count). The molecule has 6 nitrogen and oxygen atoms in total. The largest absolute Gasteiger partial charge is 0.272 e. The Labute approximate surface area is 156 Å². The van der Waals surface area contributed by atoms with Crippen molar-refractivity contribution in [3.05, 3.63) is 64.9 Å². The van der Waals surface area contributed by atoms with E-state index in [9.17, 15) is 17.6 Å². The first-order chi connectivity index (χ1) is 12.2. The number of benzene rings is 2. The van der Waals surface area contributed by atoms with Crippen LogP contribution >= 0.6 is 11.6 Å². The van der Waals surface area contributed by atoms with E-state index in [0.717, 1.165) is 4.31 Å². The van der Waals surface area contributed by atoms with Crippen LogP contribution in [0.1, 0.15) is 12.5 Å². The summed E-state index contributed by atoms with van der Waals surface area (Å²) in [6.07, 6.45) is 0. The first kappa shape index (κ1) is 20.0. The molecule has 0 atom stereocenters. The van der Waals surface area contributed by atoms with Crippen LogP contribution in [-0.2, 0) is 14.8 Å². The van der Waals surface area contributed by atoms with Crippen molar-refractivity contribution in [1.29, 1.82) is 0 Å². The monoisotopic (exact) mass is 397 g/mol. The molecule has 0 unspecified atom stereocenters. The summed E-state index contributed by atoms with van der Waals surface area (Å²) in [5.41, 5.74) is 3.38. The zero-order valence-corrected chi connectivity index (χ0v) is 15.7. The Morgan fingerprint density at radius 2 is 1.73 bits per heavy atom. The number of hydrogen-bond donors (Lipinski definition) is 1. The lowest BCUT2D eigenvalue weighted by molar-refractivity contribution is -0.121. The highest BCUT2D eigenvalue weighted by atomic mass is 35.5. The fourth-order valence-electron chi connectivity index (χ4n) is 2.01. The second-order valence-corrected chi connectivity index (χ2v) is 7.94. The molecule has 0 fully saturated rings. The number of carbonyl (C=O) groups excluding carboxylic acids is 1. The lowest BCUT2D eigenvalue weighted by Gasteiger charge is -2.16. The van der Waals surface area contributed by atoms with Gasteiger partial charge in [0.2, 0.25) is 10.0 Å². The molecule has 0 aliphatic rings. The van der Waals surface area contributed by atoms with Crippen molar-refractivity contribution in [2.75, 3.05) is 13.6 Å². The van der Waals surface area contributed by atoms with Gasteiger partial charge in [-0.3, -0.25) is 4.79 Å². The van der Waals surface area contributed by atoms with Crippen molar-refractivity contribution in [3.63, 3.8) is 0 Å². The molecule has 1 amide bonds. The highest BCUT2D eigenvalue weighted by molar-refractivity contribution is 7.89. The van der Waals surface area contributed by atoms with Crippen molar-refractivity contribution in [2.24, 2.45) is 5.10 Å². The summed E-state index contributed by atoms with van der Waals surface area (Å²) < 4.78 is 38.6. The molecule has 26 heavy (non-hydrogen) atoms. The lowest BCUT2D eigenvalue weighted by Crippen LogP contribution is -2.36. The molecular formula is C17H17ClFN3O3S. The zero-order chi connectivity index (χ0) is 19.3. The summed E-state index contributed by atoms with van der Waals surface area (Å²) in [6.45, 7) is 1.23. The number of amides is 1. The molecule has 0 aliphatic carbocycles. The third kappa shape index (κ3) is 5.10. The third-order valence-electron chi connectivity index (χ3n) is 3.50. The van der Waals surface area contributed by atoms with Crippen molar-refractivity contribution in [1.82, 2.24) is 9.73 Å². The summed E-state index contributed by atoms with van der Waals surface area (Å²) in [6, 6.07) is 11.3. The summed E-state index contributed by atoms with van der Waals surface area (Å²) in [4.78, 5) is 12.0. The van der Waals surface area contributed by atoms with Gasteiger partial charge < -0.3 is 0 Å². The Morgan fingerprint density at radius 3 is 2.31 bits per heavy atom. The van der Waals surface area contributed by atoms with E-state index in [1.54, 1.807) is 6.92 Å². The van der Waals surface area contributed by atoms with Crippen LogP contribution in [0.15, 0.2) is 58.5 Å². The molecule has 0 spiro atoms. The third-order valence-corrected chi connectivity index (χ3v) is 5.57. The number of hydrazone groups is 1. The van der Waals surface area contributed by atoms with Gasteiger partial charge in [0.15, 0.2) is 0 Å². The SMILES string of the molecule is C/C(=N/NC(=O)CN(C)S(=O)(=O)c1ccc(Cl)cc1)c1ccc(F)cc1. The molecule has 0 radical (unpaired) electrons. The van der Waals surface area contributed by atoms with Crippen LogP contribution in [0.2, 0.25) is 5.02 Å². The highest BCUT2D eigenvalue weighted by Crippen LogP contribution is 2.17. The van der Waals surface area contributed by atoms with Gasteiger partial charge in [-0.15, -0.1) is 0 Å². The minimum atomic E-state index is -3.82. The summed E-state index contributed by atoms with van der Waals surface area (Å²) in [5.74, 6) is -0.980. The fourth-order valence-corrected chi connectivity index (χ4v) is 3.26. The van der Waals surface area contributed by atoms with E-state index in [1.165, 1.54) is 55.6 Å². The number of nitrogens with zero attached hydrogens (tertiary/aromatic N) is 2. The Hall–Kier alpha value is -2.29. The molecule has 138 valence electrons. The van der Waals surface area contributed by atoms with Gasteiger partial charge in [-0.05, 0) is 48.9 Å². The van der Waals surface area contributed by atoms with E-state index in [1.807, 2.05) is 0 Å². The van der Waals surface area contributed by atoms with E-state index in [-0.39, 0.29) is 10.7 Å². The van der Waals surface area contributed by atoms with Crippen molar-refractivity contribution >= 4 is 33.2 Å². The van der Waals surface area contributed by atoms with Gasteiger partial charge in [-0.25, -0.2) is 18.2 Å². The molecule has 0 heterocycles. The lowest BCUT2D eigenvalue weighted by atomic mass is 10.1. The van der Waals surface area contributed by atoms with Gasteiger partial charge in [-0.1, -0.05) is 23.7 Å². The number of hydrogen-bond acceptors (Lipinski definition) is 4. The predicted octanol–water partition coefficient (Wildman–Crippen LogP) is 2.64. The van der Waals surface area contributed by atoms with E-state index >= 15 is 0 Å². The average molecular weight is 398 g/mol. The van der Waals surface area contributed by atoms with Gasteiger partial charge >= 0.3 is 0 Å². The van der Waals surface area contributed by atoms with E-state index in [2.05, 4.69) is 10.5 Å². The highest BCUT2D eigenvalue weighted by Gasteiger charge is 2.22. The molecule has 0 bridgehead atoms. The summed E-state index contributed by atoms with van der Waals surface area (Å²) in [5, 5.41) is 4.31. The molecule has 9 heteroatoms. The van der Waals surface area contributed by atoms with Gasteiger partial charge in [-0.2, -0.15) is 9.41 Å². The Bertz CT molecular complexity index is 913. The number of carbonyl (C=O) groups is 1. The molecule has 2 aromatic rings. The van der Waals surface area contributed by atoms with Crippen LogP contribution in [0.4, 0.5) is 4.39 Å². The maximum Gasteiger partial charge on any atom is 0.255 e. The van der Waals surface area contributed by atoms with Gasteiger partial charge in [0.05, 0.1) is 17.2 Å². The minimum Gasteiger partial charge on any atom is -0.272 e. The van der Waals surface area contributed by atoms with Crippen LogP contribution in [0, 0.1) is 5.82 Å². The van der Waals surface area contributed by atoms with Crippen LogP contribution in [0.25, 0.3) is 0 Å². The number of sulfonamides is 1. The van der Waals surface area contributed by atoms with E-state index < -0.39 is 22.5 Å². The number of rotatable bonds is 6. The second-order valence-electron chi connectivity index (χ2n) is 5.45. The van der Waals surface area contributed by atoms with Gasteiger partial charge in [0, 0.05) is 12.1 Å². The standard InChI is InChI=1S/C17H17ClFN3O3S/c1-12(13-3-7-15(19)8-4-13)20-21-17(23)11-22(2)26(24,25)16-9-5-14(18)6-10-16/h3-10H,11H2,1-2H3,(H,21,23)/b20-12-. The van der Waals surface area contributed by atoms with Gasteiger partial charge in [0.1, 0.15) is 5.82 Å². The maximum atomic E-state index is 12.9. The number of halogens is 2. The molecule has 0 aliphatic heterocycles. The second kappa shape index (κ2) is 8.39. The number of likely N-dealkylation sites (N-methyl/N-ethyl adjacent to an activating group) is 1. The smallest absolute Gasteiger partial charge is 0.255 e. The summed E-state index contributed by atoms with van der Waals surface area (Å²) in [7, 11) is -2.53. The van der Waals surface area contributed by atoms with Crippen LogP contribution in [0.3, 0.4) is 0 Å². The molecule has 0 saturated heterocycles. The van der Waals surface area contributed by atoms with Crippen LogP contribution in [0.5, 0.6) is 0 Å². The van der Waals surface area contributed by atoms with Crippen molar-refractivity contribution < 1.29 is 17.6 Å². The first-order valence-corrected chi connectivity index (χ1v) is 9.33. The quantitative estimate of drug-likeness (QED) is 0.601. The Morgan fingerprint density at radius 1 is 1.15 bits per heavy atom. The molecular weight excluding hydrogens is 381 g/mol. The Kier molecular flexibility index (Phi) is 6.47. The molecule has 1 N–H and O–H groups in total. The van der Waals surface area contributed by atoms with Gasteiger partial charge in [0.25, 0.3) is 5.91 Å². The minimum absolute atomic E-state index is 0.0307. The normalized spacial score (nSPS) is 12.3. The first-order valence-electron chi connectivity index (χ1n) is 7.51. The number of nitrogens with one attached hydrogen (secondary N) is 1. The van der Waals surface area contributed by atoms with E-state index in [4.69, 9.17) is 11.6 Å². The maximum absolute atomic E-state index is 12.9. The fraction of sp³-hybridized carbons (Fsp3) is 0.176. The topological polar surface area (TPSA) is 78.8 Å². The average Bonchev–Trinajstić information content (AvgIpc) is 2.60.